The minimum atomic E-state index is 0.145. The van der Waals surface area contributed by atoms with E-state index in [0.29, 0.717) is 11.7 Å². The fraction of sp³-hybridized carbons (Fsp3) is 0.579. The van der Waals surface area contributed by atoms with Crippen LogP contribution in [0.4, 0.5) is 5.69 Å². The molecule has 1 saturated carbocycles. The number of piperidine rings is 1. The molecule has 1 N–H and O–H groups in total. The molecule has 6 heteroatoms. The molecule has 0 aromatic carbocycles. The van der Waals surface area contributed by atoms with E-state index in [1.54, 1.807) is 12.4 Å². The highest BCUT2D eigenvalue weighted by Gasteiger charge is 2.27. The van der Waals surface area contributed by atoms with Crippen molar-refractivity contribution in [2.45, 2.75) is 51.0 Å². The maximum Gasteiger partial charge on any atom is 0.223 e. The molecule has 1 saturated heterocycles. The summed E-state index contributed by atoms with van der Waals surface area (Å²) in [6, 6.07) is 2.44. The lowest BCUT2D eigenvalue weighted by Gasteiger charge is -2.34. The Bertz CT molecular complexity index is 735. The summed E-state index contributed by atoms with van der Waals surface area (Å²) in [5.41, 5.74) is 2.56. The molecule has 0 atom stereocenters. The standard InChI is InChI=1S/C19H25N5O/c25-19(23-15-4-2-1-3-5-15)14-6-10-24(11-7-14)16-12-17-18(22-13-16)21-9-8-20-17/h8-9,12-15H,1-7,10-11H2,(H,23,25). The average Bonchev–Trinajstić information content (AvgIpc) is 2.68. The van der Waals surface area contributed by atoms with Gasteiger partial charge in [0.1, 0.15) is 5.52 Å². The highest BCUT2D eigenvalue weighted by Crippen LogP contribution is 2.25. The van der Waals surface area contributed by atoms with Gasteiger partial charge in [-0.15, -0.1) is 0 Å². The second kappa shape index (κ2) is 7.33. The summed E-state index contributed by atoms with van der Waals surface area (Å²) in [6.07, 6.45) is 13.1. The van der Waals surface area contributed by atoms with Crippen LogP contribution < -0.4 is 10.2 Å². The van der Waals surface area contributed by atoms with Crippen LogP contribution >= 0.6 is 0 Å². The molecule has 4 rings (SSSR count). The summed E-state index contributed by atoms with van der Waals surface area (Å²) in [5, 5.41) is 3.28. The first-order valence-electron chi connectivity index (χ1n) is 9.42. The smallest absolute Gasteiger partial charge is 0.223 e. The van der Waals surface area contributed by atoms with Crippen molar-refractivity contribution in [2.24, 2.45) is 5.92 Å². The van der Waals surface area contributed by atoms with Gasteiger partial charge in [-0.05, 0) is 31.7 Å². The number of carbonyl (C=O) groups excluding carboxylic acids is 1. The number of carbonyl (C=O) groups is 1. The molecule has 2 aromatic rings. The molecular formula is C19H25N5O. The highest BCUT2D eigenvalue weighted by molar-refractivity contribution is 5.79. The molecule has 0 bridgehead atoms. The Hall–Kier alpha value is -2.24. The number of anilines is 1. The monoisotopic (exact) mass is 339 g/mol. The summed E-state index contributed by atoms with van der Waals surface area (Å²) in [6.45, 7) is 1.77. The number of amides is 1. The van der Waals surface area contributed by atoms with Crippen molar-refractivity contribution >= 4 is 22.8 Å². The minimum absolute atomic E-state index is 0.145. The summed E-state index contributed by atoms with van der Waals surface area (Å²) < 4.78 is 0. The van der Waals surface area contributed by atoms with Gasteiger partial charge in [0.05, 0.1) is 11.9 Å². The Morgan fingerprint density at radius 1 is 1.00 bits per heavy atom. The van der Waals surface area contributed by atoms with Crippen molar-refractivity contribution < 1.29 is 4.79 Å². The van der Waals surface area contributed by atoms with Crippen LogP contribution in [0.3, 0.4) is 0 Å². The Balaban J connectivity index is 1.34. The minimum Gasteiger partial charge on any atom is -0.370 e. The average molecular weight is 339 g/mol. The van der Waals surface area contributed by atoms with E-state index in [-0.39, 0.29) is 11.8 Å². The molecule has 0 unspecified atom stereocenters. The molecule has 1 aliphatic heterocycles. The van der Waals surface area contributed by atoms with Gasteiger partial charge in [0, 0.05) is 37.4 Å². The number of rotatable bonds is 3. The normalized spacial score (nSPS) is 19.9. The molecule has 2 fully saturated rings. The number of hydrogen-bond donors (Lipinski definition) is 1. The molecule has 2 aliphatic rings. The first-order chi connectivity index (χ1) is 12.3. The predicted molar refractivity (Wildman–Crippen MR) is 97.3 cm³/mol. The molecule has 3 heterocycles. The van der Waals surface area contributed by atoms with Gasteiger partial charge in [-0.3, -0.25) is 9.78 Å². The summed E-state index contributed by atoms with van der Waals surface area (Å²) >= 11 is 0. The lowest BCUT2D eigenvalue weighted by molar-refractivity contribution is -0.126. The fourth-order valence-corrected chi connectivity index (χ4v) is 3.99. The molecule has 1 amide bonds. The van der Waals surface area contributed by atoms with Gasteiger partial charge in [0.25, 0.3) is 0 Å². The zero-order valence-electron chi connectivity index (χ0n) is 14.5. The third kappa shape index (κ3) is 3.72. The van der Waals surface area contributed by atoms with E-state index >= 15 is 0 Å². The Morgan fingerprint density at radius 2 is 1.76 bits per heavy atom. The van der Waals surface area contributed by atoms with Gasteiger partial charge in [-0.25, -0.2) is 9.97 Å². The second-order valence-electron chi connectivity index (χ2n) is 7.20. The third-order valence-corrected chi connectivity index (χ3v) is 5.49. The Morgan fingerprint density at radius 3 is 2.56 bits per heavy atom. The van der Waals surface area contributed by atoms with Crippen molar-refractivity contribution in [3.05, 3.63) is 24.7 Å². The summed E-state index contributed by atoms with van der Waals surface area (Å²) in [7, 11) is 0. The Kier molecular flexibility index (Phi) is 4.76. The van der Waals surface area contributed by atoms with Crippen LogP contribution in [-0.2, 0) is 4.79 Å². The van der Waals surface area contributed by atoms with Crippen molar-refractivity contribution in [1.82, 2.24) is 20.3 Å². The maximum atomic E-state index is 12.5. The molecule has 2 aromatic heterocycles. The number of pyridine rings is 1. The van der Waals surface area contributed by atoms with Crippen LogP contribution in [0.15, 0.2) is 24.7 Å². The predicted octanol–water partition coefficient (Wildman–Crippen LogP) is 2.69. The van der Waals surface area contributed by atoms with Gasteiger partial charge in [0.2, 0.25) is 5.91 Å². The first kappa shape index (κ1) is 16.2. The van der Waals surface area contributed by atoms with Crippen molar-refractivity contribution in [2.75, 3.05) is 18.0 Å². The van der Waals surface area contributed by atoms with Crippen LogP contribution in [0.2, 0.25) is 0 Å². The number of aromatic nitrogens is 3. The number of nitrogens with one attached hydrogen (secondary N) is 1. The van der Waals surface area contributed by atoms with Crippen molar-refractivity contribution in [1.29, 1.82) is 0 Å². The van der Waals surface area contributed by atoms with Crippen LogP contribution in [-0.4, -0.2) is 40.0 Å². The lowest BCUT2D eigenvalue weighted by Crippen LogP contribution is -2.44. The SMILES string of the molecule is O=C(NC1CCCCC1)C1CCN(c2cnc3nccnc3c2)CC1. The van der Waals surface area contributed by atoms with Gasteiger partial charge in [-0.2, -0.15) is 0 Å². The highest BCUT2D eigenvalue weighted by atomic mass is 16.1. The van der Waals surface area contributed by atoms with Gasteiger partial charge < -0.3 is 10.2 Å². The van der Waals surface area contributed by atoms with Crippen LogP contribution in [0.1, 0.15) is 44.9 Å². The van der Waals surface area contributed by atoms with E-state index in [9.17, 15) is 4.79 Å². The number of nitrogens with zero attached hydrogens (tertiary/aromatic N) is 4. The van der Waals surface area contributed by atoms with Crippen LogP contribution in [0, 0.1) is 5.92 Å². The molecule has 132 valence electrons. The number of hydrogen-bond acceptors (Lipinski definition) is 5. The van der Waals surface area contributed by atoms with Gasteiger partial charge >= 0.3 is 0 Å². The lowest BCUT2D eigenvalue weighted by atomic mass is 9.92. The number of fused-ring (bicyclic) bond motifs is 1. The quantitative estimate of drug-likeness (QED) is 0.931. The zero-order chi connectivity index (χ0) is 17.1. The van der Waals surface area contributed by atoms with Crippen molar-refractivity contribution in [3.63, 3.8) is 0 Å². The molecular weight excluding hydrogens is 314 g/mol. The molecule has 1 aliphatic carbocycles. The van der Waals surface area contributed by atoms with E-state index < -0.39 is 0 Å². The first-order valence-corrected chi connectivity index (χ1v) is 9.42. The van der Waals surface area contributed by atoms with Gasteiger partial charge in [-0.1, -0.05) is 19.3 Å². The second-order valence-corrected chi connectivity index (χ2v) is 7.20. The topological polar surface area (TPSA) is 71.0 Å². The summed E-state index contributed by atoms with van der Waals surface area (Å²) in [5.74, 6) is 0.403. The molecule has 0 radical (unpaired) electrons. The maximum absolute atomic E-state index is 12.5. The van der Waals surface area contributed by atoms with E-state index in [2.05, 4.69) is 25.2 Å². The van der Waals surface area contributed by atoms with E-state index in [4.69, 9.17) is 0 Å². The largest absolute Gasteiger partial charge is 0.370 e. The molecule has 6 nitrogen and oxygen atoms in total. The van der Waals surface area contributed by atoms with Crippen LogP contribution in [0.5, 0.6) is 0 Å². The molecule has 0 spiro atoms. The zero-order valence-corrected chi connectivity index (χ0v) is 14.5. The fourth-order valence-electron chi connectivity index (χ4n) is 3.99. The van der Waals surface area contributed by atoms with Crippen LogP contribution in [0.25, 0.3) is 11.2 Å². The van der Waals surface area contributed by atoms with Crippen molar-refractivity contribution in [3.8, 4) is 0 Å². The van der Waals surface area contributed by atoms with E-state index in [0.717, 1.165) is 50.0 Å². The van der Waals surface area contributed by atoms with E-state index in [1.165, 1.54) is 19.3 Å². The Labute approximate surface area is 148 Å². The summed E-state index contributed by atoms with van der Waals surface area (Å²) in [4.78, 5) is 27.8. The third-order valence-electron chi connectivity index (χ3n) is 5.49. The molecule has 25 heavy (non-hydrogen) atoms. The van der Waals surface area contributed by atoms with E-state index in [1.807, 2.05) is 12.3 Å². The van der Waals surface area contributed by atoms with Gasteiger partial charge in [0.15, 0.2) is 5.65 Å².